The van der Waals surface area contributed by atoms with Crippen LogP contribution in [0.15, 0.2) is 54.6 Å². The molecule has 2 aromatic carbocycles. The van der Waals surface area contributed by atoms with Crippen LogP contribution in [0.1, 0.15) is 81.4 Å². The molecule has 0 unspecified atom stereocenters. The summed E-state index contributed by atoms with van der Waals surface area (Å²) in [5.41, 5.74) is 2.80. The van der Waals surface area contributed by atoms with Gasteiger partial charge in [-0.1, -0.05) is 99.4 Å². The number of rotatable bonds is 9. The van der Waals surface area contributed by atoms with Gasteiger partial charge < -0.3 is 15.3 Å². The highest BCUT2D eigenvalue weighted by atomic mass is 16.3. The first kappa shape index (κ1) is 28.6. The monoisotopic (exact) mass is 543 g/mol. The summed E-state index contributed by atoms with van der Waals surface area (Å²) in [6.45, 7) is 4.98. The smallest absolute Gasteiger partial charge is 0.248 e. The van der Waals surface area contributed by atoms with E-state index in [9.17, 15) is 14.7 Å². The molecule has 6 heteroatoms. The van der Waals surface area contributed by atoms with E-state index in [2.05, 4.69) is 65.7 Å². The standard InChI is InChI=1S/C34H45N3O3/c1-2-3-22-37-32(39)30(31(38)28-15-8-5-9-16-28)35-33(40)34(37)20-23-36(24-21-34)25-29-17-11-10-14-27(29)19-18-26-12-6-4-7-13-26/h4,6-7,10-14,17-19,28,30-31,38H,2-3,5,8-9,15-16,20-25H2,1H3,(H,35,40)/t30-,31-/m1/s1. The van der Waals surface area contributed by atoms with Crippen LogP contribution in [-0.2, 0) is 16.1 Å². The second-order valence-corrected chi connectivity index (χ2v) is 11.9. The van der Waals surface area contributed by atoms with Crippen LogP contribution in [0.5, 0.6) is 0 Å². The van der Waals surface area contributed by atoms with Gasteiger partial charge in [0.25, 0.3) is 0 Å². The van der Waals surface area contributed by atoms with E-state index in [0.29, 0.717) is 19.4 Å². The molecule has 2 atom stereocenters. The number of nitrogens with one attached hydrogen (secondary N) is 1. The highest BCUT2D eigenvalue weighted by Gasteiger charge is 2.55. The lowest BCUT2D eigenvalue weighted by molar-refractivity contribution is -0.166. The van der Waals surface area contributed by atoms with Crippen LogP contribution in [0.2, 0.25) is 0 Å². The molecule has 3 fully saturated rings. The van der Waals surface area contributed by atoms with E-state index in [1.807, 2.05) is 23.1 Å². The van der Waals surface area contributed by atoms with E-state index < -0.39 is 17.7 Å². The highest BCUT2D eigenvalue weighted by Crippen LogP contribution is 2.36. The third-order valence-electron chi connectivity index (χ3n) is 9.35. The number of aliphatic hydroxyl groups excluding tert-OH is 1. The maximum Gasteiger partial charge on any atom is 0.248 e. The van der Waals surface area contributed by atoms with Gasteiger partial charge in [-0.2, -0.15) is 0 Å². The Morgan fingerprint density at radius 1 is 0.975 bits per heavy atom. The maximum absolute atomic E-state index is 13.9. The van der Waals surface area contributed by atoms with Crippen molar-refractivity contribution >= 4 is 24.0 Å². The largest absolute Gasteiger partial charge is 0.390 e. The SMILES string of the molecule is CCCCN1C(=O)[C@@H]([C@H](O)C2CCCCC2)NC(=O)C12CCN(Cc1ccccc1C=Cc1ccccc1)CC2. The number of likely N-dealkylation sites (tertiary alicyclic amines) is 1. The number of carbonyl (C=O) groups is 2. The van der Waals surface area contributed by atoms with Gasteiger partial charge in [0, 0.05) is 26.2 Å². The lowest BCUT2D eigenvalue weighted by Crippen LogP contribution is -2.75. The first-order chi connectivity index (χ1) is 19.5. The Kier molecular flexibility index (Phi) is 9.38. The molecule has 2 amide bonds. The molecule has 6 nitrogen and oxygen atoms in total. The lowest BCUT2D eigenvalue weighted by Gasteiger charge is -2.52. The summed E-state index contributed by atoms with van der Waals surface area (Å²) in [4.78, 5) is 31.9. The van der Waals surface area contributed by atoms with E-state index in [4.69, 9.17) is 0 Å². The number of amides is 2. The van der Waals surface area contributed by atoms with E-state index in [0.717, 1.165) is 58.2 Å². The third kappa shape index (κ3) is 6.18. The topological polar surface area (TPSA) is 72.9 Å². The van der Waals surface area contributed by atoms with E-state index in [-0.39, 0.29) is 17.7 Å². The molecule has 1 saturated carbocycles. The van der Waals surface area contributed by atoms with Gasteiger partial charge in [-0.3, -0.25) is 14.5 Å². The van der Waals surface area contributed by atoms with Crippen molar-refractivity contribution in [1.29, 1.82) is 0 Å². The summed E-state index contributed by atoms with van der Waals surface area (Å²) in [5.74, 6) is -0.0761. The van der Waals surface area contributed by atoms with Gasteiger partial charge in [0.2, 0.25) is 11.8 Å². The predicted octanol–water partition coefficient (Wildman–Crippen LogP) is 5.26. The fraction of sp³-hybridized carbons (Fsp3) is 0.529. The number of unbranched alkanes of at least 4 members (excludes halogenated alkanes) is 1. The molecule has 2 aromatic rings. The Morgan fingerprint density at radius 3 is 2.40 bits per heavy atom. The first-order valence-corrected chi connectivity index (χ1v) is 15.4. The van der Waals surface area contributed by atoms with Gasteiger partial charge >= 0.3 is 0 Å². The Balaban J connectivity index is 1.28. The van der Waals surface area contributed by atoms with Crippen LogP contribution in [0, 0.1) is 5.92 Å². The second kappa shape index (κ2) is 13.1. The number of hydrogen-bond donors (Lipinski definition) is 2. The zero-order valence-corrected chi connectivity index (χ0v) is 23.9. The van der Waals surface area contributed by atoms with Crippen LogP contribution >= 0.6 is 0 Å². The minimum atomic E-state index is -0.821. The Hall–Kier alpha value is -2.96. The zero-order chi connectivity index (χ0) is 28.0. The minimum absolute atomic E-state index is 0.0751. The quantitative estimate of drug-likeness (QED) is 0.423. The summed E-state index contributed by atoms with van der Waals surface area (Å²) < 4.78 is 0. The summed E-state index contributed by atoms with van der Waals surface area (Å²) >= 11 is 0. The number of aliphatic hydroxyl groups is 1. The number of piperazine rings is 1. The van der Waals surface area contributed by atoms with Crippen molar-refractivity contribution in [1.82, 2.24) is 15.1 Å². The average molecular weight is 544 g/mol. The number of piperidine rings is 1. The molecule has 0 bridgehead atoms. The molecule has 0 radical (unpaired) electrons. The van der Waals surface area contributed by atoms with E-state index in [1.165, 1.54) is 23.1 Å². The number of nitrogens with zero attached hydrogens (tertiary/aromatic N) is 2. The Bertz CT molecular complexity index is 1170. The summed E-state index contributed by atoms with van der Waals surface area (Å²) in [6.07, 6.45) is 11.8. The molecule has 2 heterocycles. The van der Waals surface area contributed by atoms with E-state index in [1.54, 1.807) is 0 Å². The van der Waals surface area contributed by atoms with Gasteiger partial charge in [0.1, 0.15) is 11.6 Å². The van der Waals surface area contributed by atoms with Crippen LogP contribution < -0.4 is 5.32 Å². The molecule has 1 spiro atoms. The third-order valence-corrected chi connectivity index (χ3v) is 9.35. The maximum atomic E-state index is 13.9. The van der Waals surface area contributed by atoms with Crippen molar-refractivity contribution in [3.8, 4) is 0 Å². The van der Waals surface area contributed by atoms with Crippen LogP contribution in [0.4, 0.5) is 0 Å². The molecule has 0 aromatic heterocycles. The molecular formula is C34H45N3O3. The van der Waals surface area contributed by atoms with Crippen molar-refractivity contribution in [3.63, 3.8) is 0 Å². The molecular weight excluding hydrogens is 498 g/mol. The van der Waals surface area contributed by atoms with Crippen molar-refractivity contribution < 1.29 is 14.7 Å². The van der Waals surface area contributed by atoms with Gasteiger partial charge in [-0.05, 0) is 54.7 Å². The minimum Gasteiger partial charge on any atom is -0.390 e. The lowest BCUT2D eigenvalue weighted by atomic mass is 9.78. The summed E-state index contributed by atoms with van der Waals surface area (Å²) in [5, 5.41) is 14.2. The van der Waals surface area contributed by atoms with Crippen LogP contribution in [0.25, 0.3) is 12.2 Å². The van der Waals surface area contributed by atoms with Crippen molar-refractivity contribution in [2.24, 2.45) is 5.92 Å². The Morgan fingerprint density at radius 2 is 1.68 bits per heavy atom. The fourth-order valence-corrected chi connectivity index (χ4v) is 6.87. The predicted molar refractivity (Wildman–Crippen MR) is 160 cm³/mol. The fourth-order valence-electron chi connectivity index (χ4n) is 6.87. The number of carbonyl (C=O) groups excluding carboxylic acids is 2. The zero-order valence-electron chi connectivity index (χ0n) is 23.9. The molecule has 3 aliphatic rings. The first-order valence-electron chi connectivity index (χ1n) is 15.4. The number of hydrogen-bond acceptors (Lipinski definition) is 4. The molecule has 2 N–H and O–H groups in total. The summed E-state index contributed by atoms with van der Waals surface area (Å²) in [7, 11) is 0. The molecule has 1 aliphatic carbocycles. The molecule has 2 saturated heterocycles. The van der Waals surface area contributed by atoms with Gasteiger partial charge in [-0.25, -0.2) is 0 Å². The van der Waals surface area contributed by atoms with Gasteiger partial charge in [0.05, 0.1) is 6.10 Å². The van der Waals surface area contributed by atoms with Crippen molar-refractivity contribution in [3.05, 3.63) is 71.3 Å². The molecule has 2 aliphatic heterocycles. The van der Waals surface area contributed by atoms with Crippen molar-refractivity contribution in [2.75, 3.05) is 19.6 Å². The highest BCUT2D eigenvalue weighted by molar-refractivity contribution is 6.00. The Labute approximate surface area is 239 Å². The normalized spacial score (nSPS) is 23.1. The molecule has 214 valence electrons. The summed E-state index contributed by atoms with van der Waals surface area (Å²) in [6, 6.07) is 18.0. The van der Waals surface area contributed by atoms with E-state index >= 15 is 0 Å². The van der Waals surface area contributed by atoms with Crippen LogP contribution in [-0.4, -0.2) is 64.0 Å². The van der Waals surface area contributed by atoms with Gasteiger partial charge in [-0.15, -0.1) is 0 Å². The average Bonchev–Trinajstić information content (AvgIpc) is 3.00. The molecule has 40 heavy (non-hydrogen) atoms. The second-order valence-electron chi connectivity index (χ2n) is 11.9. The van der Waals surface area contributed by atoms with Crippen LogP contribution in [0.3, 0.4) is 0 Å². The molecule has 5 rings (SSSR count). The van der Waals surface area contributed by atoms with Gasteiger partial charge in [0.15, 0.2) is 0 Å². The number of benzene rings is 2. The van der Waals surface area contributed by atoms with Crippen molar-refractivity contribution in [2.45, 2.75) is 88.9 Å².